The van der Waals surface area contributed by atoms with Crippen LogP contribution in [0.4, 0.5) is 5.95 Å². The number of anilines is 1. The summed E-state index contributed by atoms with van der Waals surface area (Å²) < 4.78 is 5.01. The highest BCUT2D eigenvalue weighted by atomic mass is 35.5. The molecule has 1 aromatic heterocycles. The summed E-state index contributed by atoms with van der Waals surface area (Å²) in [6, 6.07) is 0. The SMILES string of the molecule is COCCNc1nc(Cl)c2c(n1)SC1CN(C)CCC21. The highest BCUT2D eigenvalue weighted by Crippen LogP contribution is 2.50. The van der Waals surface area contributed by atoms with E-state index in [9.17, 15) is 0 Å². The fraction of sp³-hybridized carbons (Fsp3) is 0.692. The van der Waals surface area contributed by atoms with Crippen molar-refractivity contribution in [3.8, 4) is 0 Å². The van der Waals surface area contributed by atoms with Crippen LogP contribution in [-0.4, -0.2) is 60.5 Å². The molecule has 2 atom stereocenters. The molecular weight excluding hydrogens is 296 g/mol. The number of halogens is 1. The summed E-state index contributed by atoms with van der Waals surface area (Å²) in [7, 11) is 3.85. The highest BCUT2D eigenvalue weighted by Gasteiger charge is 2.40. The zero-order chi connectivity index (χ0) is 14.1. The Morgan fingerprint density at radius 1 is 1.50 bits per heavy atom. The maximum atomic E-state index is 6.39. The average Bonchev–Trinajstić information content (AvgIpc) is 2.76. The Morgan fingerprint density at radius 3 is 3.15 bits per heavy atom. The van der Waals surface area contributed by atoms with Gasteiger partial charge < -0.3 is 15.0 Å². The molecular formula is C13H19ClN4OS. The summed E-state index contributed by atoms with van der Waals surface area (Å²) in [6.07, 6.45) is 1.14. The zero-order valence-electron chi connectivity index (χ0n) is 11.7. The van der Waals surface area contributed by atoms with Crippen LogP contribution < -0.4 is 5.32 Å². The van der Waals surface area contributed by atoms with Crippen LogP contribution in [0.15, 0.2) is 5.03 Å². The van der Waals surface area contributed by atoms with Crippen molar-refractivity contribution in [1.29, 1.82) is 0 Å². The second kappa shape index (κ2) is 6.05. The molecule has 1 N–H and O–H groups in total. The van der Waals surface area contributed by atoms with Crippen molar-refractivity contribution < 1.29 is 4.74 Å². The molecule has 0 aromatic carbocycles. The Kier molecular flexibility index (Phi) is 4.35. The van der Waals surface area contributed by atoms with E-state index in [-0.39, 0.29) is 0 Å². The van der Waals surface area contributed by atoms with Gasteiger partial charge in [-0.25, -0.2) is 9.97 Å². The fourth-order valence-electron chi connectivity index (χ4n) is 2.83. The lowest BCUT2D eigenvalue weighted by molar-refractivity contribution is 0.210. The van der Waals surface area contributed by atoms with Crippen LogP contribution in [-0.2, 0) is 4.74 Å². The number of hydrogen-bond acceptors (Lipinski definition) is 6. The quantitative estimate of drug-likeness (QED) is 0.678. The lowest BCUT2D eigenvalue weighted by Gasteiger charge is -2.31. The topological polar surface area (TPSA) is 50.3 Å². The van der Waals surface area contributed by atoms with Crippen LogP contribution in [0.25, 0.3) is 0 Å². The maximum Gasteiger partial charge on any atom is 0.225 e. The molecule has 3 rings (SSSR count). The van der Waals surface area contributed by atoms with E-state index in [1.165, 1.54) is 0 Å². The summed E-state index contributed by atoms with van der Waals surface area (Å²) in [6.45, 7) is 3.52. The van der Waals surface area contributed by atoms with Crippen molar-refractivity contribution in [2.45, 2.75) is 22.6 Å². The Bertz CT molecular complexity index is 502. The van der Waals surface area contributed by atoms with Crippen LogP contribution in [0.2, 0.25) is 5.15 Å². The Balaban J connectivity index is 1.80. The van der Waals surface area contributed by atoms with Crippen LogP contribution in [0.5, 0.6) is 0 Å². The lowest BCUT2D eigenvalue weighted by Crippen LogP contribution is -2.36. The predicted octanol–water partition coefficient (Wildman–Crippen LogP) is 2.08. The molecule has 1 saturated heterocycles. The van der Waals surface area contributed by atoms with Gasteiger partial charge in [-0.15, -0.1) is 11.8 Å². The number of ether oxygens (including phenoxy) is 1. The number of likely N-dealkylation sites (tertiary alicyclic amines) is 1. The Hall–Kier alpha value is -0.560. The van der Waals surface area contributed by atoms with Crippen molar-refractivity contribution >= 4 is 29.3 Å². The van der Waals surface area contributed by atoms with Gasteiger partial charge >= 0.3 is 0 Å². The largest absolute Gasteiger partial charge is 0.383 e. The van der Waals surface area contributed by atoms with E-state index >= 15 is 0 Å². The fourth-order valence-corrected chi connectivity index (χ4v) is 4.76. The summed E-state index contributed by atoms with van der Waals surface area (Å²) in [5.74, 6) is 1.11. The third-order valence-electron chi connectivity index (χ3n) is 3.85. The number of fused-ring (bicyclic) bond motifs is 3. The number of piperidine rings is 1. The van der Waals surface area contributed by atoms with E-state index in [1.54, 1.807) is 7.11 Å². The molecule has 5 nitrogen and oxygen atoms in total. The van der Waals surface area contributed by atoms with Crippen LogP contribution >= 0.6 is 23.4 Å². The van der Waals surface area contributed by atoms with E-state index in [0.717, 1.165) is 30.1 Å². The molecule has 110 valence electrons. The number of rotatable bonds is 4. The molecule has 0 spiro atoms. The normalized spacial score (nSPS) is 25.4. The predicted molar refractivity (Wildman–Crippen MR) is 81.9 cm³/mol. The minimum atomic E-state index is 0.506. The van der Waals surface area contributed by atoms with E-state index in [4.69, 9.17) is 16.3 Å². The molecule has 1 aromatic rings. The molecule has 2 aliphatic rings. The molecule has 7 heteroatoms. The third kappa shape index (κ3) is 2.74. The average molecular weight is 315 g/mol. The van der Waals surface area contributed by atoms with Gasteiger partial charge in [-0.3, -0.25) is 0 Å². The van der Waals surface area contributed by atoms with Gasteiger partial charge in [0.1, 0.15) is 10.2 Å². The first-order valence-electron chi connectivity index (χ1n) is 6.84. The first-order chi connectivity index (χ1) is 9.69. The number of nitrogens with zero attached hydrogens (tertiary/aromatic N) is 3. The van der Waals surface area contributed by atoms with Crippen molar-refractivity contribution in [2.24, 2.45) is 0 Å². The first-order valence-corrected chi connectivity index (χ1v) is 8.10. The molecule has 20 heavy (non-hydrogen) atoms. The van der Waals surface area contributed by atoms with E-state index < -0.39 is 0 Å². The molecule has 2 unspecified atom stereocenters. The van der Waals surface area contributed by atoms with Gasteiger partial charge in [0.25, 0.3) is 0 Å². The van der Waals surface area contributed by atoms with Crippen molar-refractivity contribution in [3.63, 3.8) is 0 Å². The molecule has 2 aliphatic heterocycles. The third-order valence-corrected chi connectivity index (χ3v) is 5.45. The van der Waals surface area contributed by atoms with Gasteiger partial charge in [0.05, 0.1) is 6.61 Å². The summed E-state index contributed by atoms with van der Waals surface area (Å²) >= 11 is 8.24. The molecule has 0 amide bonds. The van der Waals surface area contributed by atoms with Crippen LogP contribution in [0.1, 0.15) is 17.9 Å². The summed E-state index contributed by atoms with van der Waals surface area (Å²) in [4.78, 5) is 11.4. The van der Waals surface area contributed by atoms with Crippen molar-refractivity contribution in [3.05, 3.63) is 10.7 Å². The minimum Gasteiger partial charge on any atom is -0.383 e. The molecule has 0 bridgehead atoms. The minimum absolute atomic E-state index is 0.506. The summed E-state index contributed by atoms with van der Waals surface area (Å²) in [5.41, 5.74) is 1.16. The standard InChI is InChI=1S/C13H19ClN4OS/c1-18-5-3-8-9(7-18)20-12-10(8)11(14)16-13(17-12)15-4-6-19-2/h8-9H,3-7H2,1-2H3,(H,15,16,17). The molecule has 0 saturated carbocycles. The number of methoxy groups -OCH3 is 1. The second-order valence-corrected chi connectivity index (χ2v) is 6.88. The van der Waals surface area contributed by atoms with Crippen LogP contribution in [0.3, 0.4) is 0 Å². The summed E-state index contributed by atoms with van der Waals surface area (Å²) in [5, 5.41) is 5.37. The van der Waals surface area contributed by atoms with Gasteiger partial charge in [-0.05, 0) is 20.0 Å². The van der Waals surface area contributed by atoms with Gasteiger partial charge in [-0.2, -0.15) is 0 Å². The zero-order valence-corrected chi connectivity index (χ0v) is 13.3. The number of thioether (sulfide) groups is 1. The highest BCUT2D eigenvalue weighted by molar-refractivity contribution is 8.00. The lowest BCUT2D eigenvalue weighted by atomic mass is 9.91. The Labute approximate surface area is 128 Å². The van der Waals surface area contributed by atoms with Crippen molar-refractivity contribution in [1.82, 2.24) is 14.9 Å². The molecule has 3 heterocycles. The monoisotopic (exact) mass is 314 g/mol. The first kappa shape index (κ1) is 14.4. The van der Waals surface area contributed by atoms with Gasteiger partial charge in [-0.1, -0.05) is 11.6 Å². The van der Waals surface area contributed by atoms with Gasteiger partial charge in [0, 0.05) is 36.9 Å². The number of hydrogen-bond donors (Lipinski definition) is 1. The Morgan fingerprint density at radius 2 is 2.35 bits per heavy atom. The maximum absolute atomic E-state index is 6.39. The number of nitrogens with one attached hydrogen (secondary N) is 1. The van der Waals surface area contributed by atoms with E-state index in [1.807, 2.05) is 11.8 Å². The van der Waals surface area contributed by atoms with E-state index in [2.05, 4.69) is 27.2 Å². The molecule has 0 aliphatic carbocycles. The van der Waals surface area contributed by atoms with Gasteiger partial charge in [0.15, 0.2) is 0 Å². The van der Waals surface area contributed by atoms with E-state index in [0.29, 0.717) is 35.4 Å². The van der Waals surface area contributed by atoms with Gasteiger partial charge in [0.2, 0.25) is 5.95 Å². The number of aromatic nitrogens is 2. The molecule has 1 fully saturated rings. The smallest absolute Gasteiger partial charge is 0.225 e. The second-order valence-electron chi connectivity index (χ2n) is 5.29. The van der Waals surface area contributed by atoms with Crippen molar-refractivity contribution in [2.75, 3.05) is 45.7 Å². The molecule has 0 radical (unpaired) electrons. The van der Waals surface area contributed by atoms with Crippen LogP contribution in [0, 0.1) is 0 Å².